The van der Waals surface area contributed by atoms with Crippen LogP contribution in [0.4, 0.5) is 0 Å². The van der Waals surface area contributed by atoms with Gasteiger partial charge in [-0.2, -0.15) is 0 Å². The van der Waals surface area contributed by atoms with Crippen molar-refractivity contribution in [2.45, 2.75) is 33.0 Å². The number of nitrogens with zero attached hydrogens (tertiary/aromatic N) is 1. The van der Waals surface area contributed by atoms with E-state index < -0.39 is 23.1 Å². The number of thiophene rings is 1. The minimum absolute atomic E-state index is 0.154. The first kappa shape index (κ1) is 21.8. The van der Waals surface area contributed by atoms with Crippen LogP contribution in [0.15, 0.2) is 29.1 Å². The lowest BCUT2D eigenvalue weighted by molar-refractivity contribution is -0.161. The highest BCUT2D eigenvalue weighted by Gasteiger charge is 2.32. The molecule has 0 radical (unpaired) electrons. The number of H-pyrrole nitrogens is 1. The number of carbonyl (C=O) groups excluding carboxylic acids is 2. The van der Waals surface area contributed by atoms with Crippen molar-refractivity contribution in [2.24, 2.45) is 0 Å². The van der Waals surface area contributed by atoms with Gasteiger partial charge in [-0.1, -0.05) is 11.6 Å². The molecule has 1 aromatic carbocycles. The van der Waals surface area contributed by atoms with Crippen molar-refractivity contribution in [2.75, 3.05) is 7.11 Å². The molecule has 0 atom stereocenters. The van der Waals surface area contributed by atoms with Gasteiger partial charge in [0.1, 0.15) is 27.9 Å². The maximum absolute atomic E-state index is 12.5. The van der Waals surface area contributed by atoms with Crippen molar-refractivity contribution in [3.05, 3.63) is 55.9 Å². The molecule has 0 spiro atoms. The third-order valence-electron chi connectivity index (χ3n) is 4.24. The summed E-state index contributed by atoms with van der Waals surface area (Å²) in [5, 5.41) is 0.856. The molecule has 2 heterocycles. The average Bonchev–Trinajstić information content (AvgIpc) is 3.04. The third-order valence-corrected chi connectivity index (χ3v) is 5.66. The third kappa shape index (κ3) is 4.47. The summed E-state index contributed by atoms with van der Waals surface area (Å²) in [6.45, 7) is 4.52. The number of methoxy groups -OCH3 is 1. The molecular weight excluding hydrogens is 432 g/mol. The maximum Gasteiger partial charge on any atom is 0.350 e. The fourth-order valence-electron chi connectivity index (χ4n) is 2.69. The summed E-state index contributed by atoms with van der Waals surface area (Å²) in [6, 6.07) is 6.58. The zero-order valence-corrected chi connectivity index (χ0v) is 18.3. The number of fused-ring (bicyclic) bond motifs is 1. The molecule has 0 fully saturated rings. The van der Waals surface area contributed by atoms with Crippen LogP contribution < -0.4 is 10.3 Å². The Hall–Kier alpha value is -2.91. The summed E-state index contributed by atoms with van der Waals surface area (Å²) in [4.78, 5) is 44.3. The highest BCUT2D eigenvalue weighted by Crippen LogP contribution is 2.27. The van der Waals surface area contributed by atoms with Gasteiger partial charge in [-0.05, 0) is 50.6 Å². The number of carbonyl (C=O) groups is 2. The molecular formula is C20H19ClN2O6S. The lowest BCUT2D eigenvalue weighted by Crippen LogP contribution is -2.39. The van der Waals surface area contributed by atoms with Crippen molar-refractivity contribution < 1.29 is 23.8 Å². The Morgan fingerprint density at radius 1 is 1.23 bits per heavy atom. The van der Waals surface area contributed by atoms with E-state index in [-0.39, 0.29) is 12.4 Å². The van der Waals surface area contributed by atoms with Gasteiger partial charge in [0.05, 0.1) is 12.5 Å². The van der Waals surface area contributed by atoms with Crippen LogP contribution in [0.3, 0.4) is 0 Å². The van der Waals surface area contributed by atoms with Crippen molar-refractivity contribution >= 4 is 45.1 Å². The van der Waals surface area contributed by atoms with Crippen molar-refractivity contribution in [3.63, 3.8) is 0 Å². The van der Waals surface area contributed by atoms with Gasteiger partial charge >= 0.3 is 11.9 Å². The molecule has 0 saturated heterocycles. The number of rotatable bonds is 6. The van der Waals surface area contributed by atoms with E-state index in [0.29, 0.717) is 31.4 Å². The molecule has 0 unspecified atom stereocenters. The summed E-state index contributed by atoms with van der Waals surface area (Å²) >= 11 is 6.89. The SMILES string of the molecule is COC(=O)c1sc2nc(COC(=O)C(C)(C)Oc3ccc(Cl)cc3)[nH]c(=O)c2c1C. The van der Waals surface area contributed by atoms with Gasteiger partial charge in [-0.3, -0.25) is 4.79 Å². The molecule has 8 nitrogen and oxygen atoms in total. The van der Waals surface area contributed by atoms with Crippen LogP contribution >= 0.6 is 22.9 Å². The number of hydrogen-bond acceptors (Lipinski definition) is 8. The second-order valence-corrected chi connectivity index (χ2v) is 8.32. The monoisotopic (exact) mass is 450 g/mol. The summed E-state index contributed by atoms with van der Waals surface area (Å²) in [6.07, 6.45) is 0. The Labute approximate surface area is 180 Å². The highest BCUT2D eigenvalue weighted by molar-refractivity contribution is 7.20. The number of halogens is 1. The van der Waals surface area contributed by atoms with Crippen molar-refractivity contribution in [1.82, 2.24) is 9.97 Å². The van der Waals surface area contributed by atoms with Crippen LogP contribution in [-0.4, -0.2) is 34.6 Å². The molecule has 10 heteroatoms. The largest absolute Gasteiger partial charge is 0.476 e. The molecule has 0 aliphatic carbocycles. The van der Waals surface area contributed by atoms with Crippen molar-refractivity contribution in [3.8, 4) is 5.75 Å². The number of aromatic nitrogens is 2. The molecule has 158 valence electrons. The zero-order chi connectivity index (χ0) is 22.1. The Morgan fingerprint density at radius 2 is 1.90 bits per heavy atom. The number of aromatic amines is 1. The van der Waals surface area contributed by atoms with E-state index >= 15 is 0 Å². The van der Waals surface area contributed by atoms with E-state index in [1.807, 2.05) is 0 Å². The number of hydrogen-bond donors (Lipinski definition) is 1. The smallest absolute Gasteiger partial charge is 0.350 e. The minimum atomic E-state index is -1.28. The van der Waals surface area contributed by atoms with Crippen LogP contribution in [-0.2, 0) is 20.9 Å². The summed E-state index contributed by atoms with van der Waals surface area (Å²) in [5.74, 6) is -0.568. The number of esters is 2. The molecule has 3 aromatic rings. The van der Waals surface area contributed by atoms with E-state index in [4.69, 9.17) is 25.8 Å². The van der Waals surface area contributed by atoms with E-state index in [1.54, 1.807) is 45.0 Å². The normalized spacial score (nSPS) is 11.4. The Morgan fingerprint density at radius 3 is 2.53 bits per heavy atom. The zero-order valence-electron chi connectivity index (χ0n) is 16.7. The quantitative estimate of drug-likeness (QED) is 0.571. The Bertz CT molecular complexity index is 1170. The molecule has 30 heavy (non-hydrogen) atoms. The topological polar surface area (TPSA) is 108 Å². The second kappa shape index (κ2) is 8.45. The predicted octanol–water partition coefficient (Wildman–Crippen LogP) is 3.63. The van der Waals surface area contributed by atoms with Crippen molar-refractivity contribution in [1.29, 1.82) is 0 Å². The van der Waals surface area contributed by atoms with Crippen LogP contribution in [0.5, 0.6) is 5.75 Å². The Kier molecular flexibility index (Phi) is 6.14. The van der Waals surface area contributed by atoms with Crippen LogP contribution in [0.1, 0.15) is 34.9 Å². The van der Waals surface area contributed by atoms with E-state index in [9.17, 15) is 14.4 Å². The molecule has 0 aliphatic heterocycles. The number of ether oxygens (including phenoxy) is 3. The van der Waals surface area contributed by atoms with Gasteiger partial charge < -0.3 is 19.2 Å². The maximum atomic E-state index is 12.5. The Balaban J connectivity index is 1.76. The highest BCUT2D eigenvalue weighted by atomic mass is 35.5. The minimum Gasteiger partial charge on any atom is -0.476 e. The van der Waals surface area contributed by atoms with E-state index in [2.05, 4.69) is 9.97 Å². The van der Waals surface area contributed by atoms with Crippen LogP contribution in [0.25, 0.3) is 10.2 Å². The predicted molar refractivity (Wildman–Crippen MR) is 112 cm³/mol. The van der Waals surface area contributed by atoms with Crippen LogP contribution in [0.2, 0.25) is 5.02 Å². The van der Waals surface area contributed by atoms with Gasteiger partial charge in [-0.15, -0.1) is 11.3 Å². The summed E-state index contributed by atoms with van der Waals surface area (Å²) in [7, 11) is 1.27. The first-order valence-corrected chi connectivity index (χ1v) is 10.0. The summed E-state index contributed by atoms with van der Waals surface area (Å²) in [5.41, 5.74) is -1.21. The number of aryl methyl sites for hydroxylation is 1. The van der Waals surface area contributed by atoms with Gasteiger partial charge in [0.2, 0.25) is 0 Å². The van der Waals surface area contributed by atoms with Gasteiger partial charge in [0.15, 0.2) is 5.60 Å². The first-order chi connectivity index (χ1) is 14.1. The second-order valence-electron chi connectivity index (χ2n) is 6.88. The fraction of sp³-hybridized carbons (Fsp3) is 0.300. The number of benzene rings is 1. The molecule has 1 N–H and O–H groups in total. The molecule has 2 aromatic heterocycles. The van der Waals surface area contributed by atoms with Gasteiger partial charge in [0.25, 0.3) is 5.56 Å². The summed E-state index contributed by atoms with van der Waals surface area (Å²) < 4.78 is 15.7. The molecule has 0 aliphatic rings. The van der Waals surface area contributed by atoms with Crippen LogP contribution in [0, 0.1) is 6.92 Å². The molecule has 3 rings (SSSR count). The van der Waals surface area contributed by atoms with E-state index in [1.165, 1.54) is 7.11 Å². The average molecular weight is 451 g/mol. The lowest BCUT2D eigenvalue weighted by atomic mass is 10.1. The van der Waals surface area contributed by atoms with Gasteiger partial charge in [-0.25, -0.2) is 14.6 Å². The van der Waals surface area contributed by atoms with Gasteiger partial charge in [0, 0.05) is 5.02 Å². The molecule has 0 amide bonds. The lowest BCUT2D eigenvalue weighted by Gasteiger charge is -2.24. The molecule has 0 bridgehead atoms. The number of nitrogens with one attached hydrogen (secondary N) is 1. The molecule has 0 saturated carbocycles. The standard InChI is InChI=1S/C20H19ClN2O6S/c1-10-14-16(24)22-13(23-17(14)30-15(10)18(25)27-4)9-28-19(26)20(2,3)29-12-7-5-11(21)6-8-12/h5-8H,9H2,1-4H3,(H,22,23,24). The first-order valence-electron chi connectivity index (χ1n) is 8.85. The van der Waals surface area contributed by atoms with E-state index in [0.717, 1.165) is 11.3 Å². The fourth-order valence-corrected chi connectivity index (χ4v) is 3.94.